The van der Waals surface area contributed by atoms with Crippen molar-refractivity contribution in [1.82, 2.24) is 9.78 Å². The summed E-state index contributed by atoms with van der Waals surface area (Å²) in [6.07, 6.45) is 0.888. The van der Waals surface area contributed by atoms with Crippen molar-refractivity contribution in [2.45, 2.75) is 33.2 Å². The van der Waals surface area contributed by atoms with E-state index < -0.39 is 0 Å². The van der Waals surface area contributed by atoms with Crippen molar-refractivity contribution in [3.8, 4) is 0 Å². The van der Waals surface area contributed by atoms with Crippen molar-refractivity contribution < 1.29 is 0 Å². The van der Waals surface area contributed by atoms with E-state index in [1.54, 1.807) is 0 Å². The van der Waals surface area contributed by atoms with Crippen molar-refractivity contribution in [3.63, 3.8) is 0 Å². The summed E-state index contributed by atoms with van der Waals surface area (Å²) in [4.78, 5) is 2.21. The minimum absolute atomic E-state index is 0.178. The predicted molar refractivity (Wildman–Crippen MR) is 64.2 cm³/mol. The van der Waals surface area contributed by atoms with Crippen LogP contribution < -0.4 is 10.6 Å². The van der Waals surface area contributed by atoms with Crippen LogP contribution in [0.2, 0.25) is 0 Å². The molecule has 0 amide bonds. The number of hydrogen-bond acceptors (Lipinski definition) is 3. The van der Waals surface area contributed by atoms with Crippen LogP contribution in [0.15, 0.2) is 0 Å². The van der Waals surface area contributed by atoms with E-state index in [1.807, 2.05) is 25.6 Å². The third-order valence-corrected chi connectivity index (χ3v) is 2.68. The minimum atomic E-state index is 0.178. The lowest BCUT2D eigenvalue weighted by atomic mass is 10.1. The van der Waals surface area contributed by atoms with Crippen LogP contribution in [0, 0.1) is 6.92 Å². The molecule has 15 heavy (non-hydrogen) atoms. The van der Waals surface area contributed by atoms with E-state index in [9.17, 15) is 0 Å². The monoisotopic (exact) mass is 210 g/mol. The smallest absolute Gasteiger partial charge is 0.129 e. The molecule has 0 fully saturated rings. The highest BCUT2D eigenvalue weighted by molar-refractivity contribution is 5.49. The molecule has 0 saturated heterocycles. The van der Waals surface area contributed by atoms with Gasteiger partial charge in [-0.3, -0.25) is 4.68 Å². The van der Waals surface area contributed by atoms with Crippen LogP contribution in [-0.4, -0.2) is 29.4 Å². The summed E-state index contributed by atoms with van der Waals surface area (Å²) in [5, 5.41) is 4.45. The first kappa shape index (κ1) is 12.0. The van der Waals surface area contributed by atoms with Crippen molar-refractivity contribution in [3.05, 3.63) is 11.3 Å². The highest BCUT2D eigenvalue weighted by Gasteiger charge is 2.16. The van der Waals surface area contributed by atoms with Gasteiger partial charge in [-0.05, 0) is 27.2 Å². The fourth-order valence-electron chi connectivity index (χ4n) is 1.88. The van der Waals surface area contributed by atoms with Gasteiger partial charge >= 0.3 is 0 Å². The normalized spacial score (nSPS) is 12.9. The van der Waals surface area contributed by atoms with E-state index in [2.05, 4.69) is 24.0 Å². The van der Waals surface area contributed by atoms with Gasteiger partial charge in [-0.2, -0.15) is 5.10 Å². The summed E-state index contributed by atoms with van der Waals surface area (Å²) < 4.78 is 1.94. The summed E-state index contributed by atoms with van der Waals surface area (Å²) in [5.41, 5.74) is 8.22. The zero-order valence-electron chi connectivity index (χ0n) is 10.4. The van der Waals surface area contributed by atoms with Crippen LogP contribution in [-0.2, 0) is 13.5 Å². The molecule has 0 aliphatic heterocycles. The Morgan fingerprint density at radius 3 is 2.60 bits per heavy atom. The molecule has 1 rings (SSSR count). The zero-order chi connectivity index (χ0) is 11.6. The topological polar surface area (TPSA) is 47.1 Å². The Kier molecular flexibility index (Phi) is 3.74. The number of rotatable bonds is 4. The Morgan fingerprint density at radius 1 is 1.53 bits per heavy atom. The van der Waals surface area contributed by atoms with Gasteiger partial charge < -0.3 is 10.6 Å². The Bertz CT molecular complexity index is 328. The van der Waals surface area contributed by atoms with Gasteiger partial charge in [0.25, 0.3) is 0 Å². The highest BCUT2D eigenvalue weighted by Crippen LogP contribution is 2.23. The van der Waals surface area contributed by atoms with Gasteiger partial charge in [0.15, 0.2) is 0 Å². The lowest BCUT2D eigenvalue weighted by Gasteiger charge is -2.19. The van der Waals surface area contributed by atoms with E-state index in [0.717, 1.165) is 18.7 Å². The molecule has 4 heteroatoms. The second kappa shape index (κ2) is 4.66. The molecule has 0 radical (unpaired) electrons. The molecule has 2 N–H and O–H groups in total. The second-order valence-electron chi connectivity index (χ2n) is 4.21. The SMILES string of the molecule is CCN(C)c1c(CC(C)N)c(C)nn1C. The molecule has 4 nitrogen and oxygen atoms in total. The Hall–Kier alpha value is -1.03. The molecule has 1 unspecified atom stereocenters. The molecule has 1 aromatic rings. The molecule has 1 heterocycles. The Balaban J connectivity index is 3.11. The number of nitrogens with two attached hydrogens (primary N) is 1. The van der Waals surface area contributed by atoms with Gasteiger partial charge in [0, 0.05) is 32.2 Å². The Labute approximate surface area is 92.1 Å². The van der Waals surface area contributed by atoms with Crippen LogP contribution in [0.3, 0.4) is 0 Å². The molecule has 1 atom stereocenters. The van der Waals surface area contributed by atoms with Gasteiger partial charge in [0.1, 0.15) is 5.82 Å². The van der Waals surface area contributed by atoms with Crippen molar-refractivity contribution in [2.24, 2.45) is 12.8 Å². The first-order valence-electron chi connectivity index (χ1n) is 5.46. The van der Waals surface area contributed by atoms with Crippen LogP contribution in [0.5, 0.6) is 0 Å². The first-order valence-corrected chi connectivity index (χ1v) is 5.46. The summed E-state index contributed by atoms with van der Waals surface area (Å²) in [7, 11) is 4.07. The molecule has 1 aromatic heterocycles. The van der Waals surface area contributed by atoms with Gasteiger partial charge in [-0.1, -0.05) is 0 Å². The molecule has 0 spiro atoms. The molecular weight excluding hydrogens is 188 g/mol. The van der Waals surface area contributed by atoms with E-state index in [0.29, 0.717) is 0 Å². The second-order valence-corrected chi connectivity index (χ2v) is 4.21. The van der Waals surface area contributed by atoms with Crippen LogP contribution in [0.25, 0.3) is 0 Å². The largest absolute Gasteiger partial charge is 0.360 e. The average Bonchev–Trinajstić information content (AvgIpc) is 2.40. The fourth-order valence-corrected chi connectivity index (χ4v) is 1.88. The molecule has 0 bridgehead atoms. The number of anilines is 1. The van der Waals surface area contributed by atoms with Crippen LogP contribution >= 0.6 is 0 Å². The number of aromatic nitrogens is 2. The summed E-state index contributed by atoms with van der Waals surface area (Å²) >= 11 is 0. The fraction of sp³-hybridized carbons (Fsp3) is 0.727. The molecule has 0 aliphatic carbocycles. The molecule has 0 aliphatic rings. The maximum atomic E-state index is 5.86. The standard InChI is InChI=1S/C11H22N4/c1-6-14(4)11-10(7-8(2)12)9(3)13-15(11)5/h8H,6-7,12H2,1-5H3. The van der Waals surface area contributed by atoms with E-state index in [1.165, 1.54) is 11.4 Å². The zero-order valence-corrected chi connectivity index (χ0v) is 10.4. The summed E-state index contributed by atoms with van der Waals surface area (Å²) in [5.74, 6) is 1.19. The maximum Gasteiger partial charge on any atom is 0.129 e. The highest BCUT2D eigenvalue weighted by atomic mass is 15.4. The Morgan fingerprint density at radius 2 is 2.13 bits per heavy atom. The average molecular weight is 210 g/mol. The van der Waals surface area contributed by atoms with E-state index in [4.69, 9.17) is 5.73 Å². The lowest BCUT2D eigenvalue weighted by Crippen LogP contribution is -2.23. The molecular formula is C11H22N4. The summed E-state index contributed by atoms with van der Waals surface area (Å²) in [6.45, 7) is 7.19. The minimum Gasteiger partial charge on any atom is -0.360 e. The first-order chi connectivity index (χ1) is 6.97. The molecule has 0 aromatic carbocycles. The molecule has 0 saturated carbocycles. The van der Waals surface area contributed by atoms with Crippen molar-refractivity contribution >= 4 is 5.82 Å². The van der Waals surface area contributed by atoms with Crippen LogP contribution in [0.4, 0.5) is 5.82 Å². The van der Waals surface area contributed by atoms with Gasteiger partial charge in [0.05, 0.1) is 5.69 Å². The van der Waals surface area contributed by atoms with Crippen LogP contribution in [0.1, 0.15) is 25.1 Å². The third kappa shape index (κ3) is 2.50. The number of nitrogens with zero attached hydrogens (tertiary/aromatic N) is 3. The van der Waals surface area contributed by atoms with Gasteiger partial charge in [-0.15, -0.1) is 0 Å². The van der Waals surface area contributed by atoms with E-state index in [-0.39, 0.29) is 6.04 Å². The van der Waals surface area contributed by atoms with Crippen molar-refractivity contribution in [1.29, 1.82) is 0 Å². The van der Waals surface area contributed by atoms with Crippen molar-refractivity contribution in [2.75, 3.05) is 18.5 Å². The third-order valence-electron chi connectivity index (χ3n) is 2.68. The van der Waals surface area contributed by atoms with Gasteiger partial charge in [-0.25, -0.2) is 0 Å². The number of hydrogen-bond donors (Lipinski definition) is 1. The number of aryl methyl sites for hydroxylation is 2. The summed E-state index contributed by atoms with van der Waals surface area (Å²) in [6, 6.07) is 0.178. The van der Waals surface area contributed by atoms with E-state index >= 15 is 0 Å². The maximum absolute atomic E-state index is 5.86. The predicted octanol–water partition coefficient (Wildman–Crippen LogP) is 1.07. The molecule has 86 valence electrons. The quantitative estimate of drug-likeness (QED) is 0.808. The lowest BCUT2D eigenvalue weighted by molar-refractivity contribution is 0.720. The van der Waals surface area contributed by atoms with Gasteiger partial charge in [0.2, 0.25) is 0 Å².